The normalized spacial score (nSPS) is 13.9. The van der Waals surface area contributed by atoms with Crippen molar-refractivity contribution in [1.82, 2.24) is 4.90 Å². The van der Waals surface area contributed by atoms with Crippen molar-refractivity contribution in [3.63, 3.8) is 0 Å². The Labute approximate surface area is 229 Å². The number of esters is 2. The molecule has 0 aliphatic carbocycles. The summed E-state index contributed by atoms with van der Waals surface area (Å²) in [6.07, 6.45) is 5.67. The van der Waals surface area contributed by atoms with Gasteiger partial charge in [-0.15, -0.1) is 0 Å². The predicted octanol–water partition coefficient (Wildman–Crippen LogP) is 3.70. The maximum Gasteiger partial charge on any atom is 0.309 e. The van der Waals surface area contributed by atoms with E-state index in [0.29, 0.717) is 32.2 Å². The largest absolute Gasteiger partial charge is 0.469 e. The minimum Gasteiger partial charge on any atom is -0.469 e. The molecule has 0 fully saturated rings. The van der Waals surface area contributed by atoms with E-state index in [1.807, 2.05) is 24.3 Å². The number of nitrogens with zero attached hydrogens (tertiary/aromatic N) is 1. The summed E-state index contributed by atoms with van der Waals surface area (Å²) in [6, 6.07) is 7.25. The number of hydrogen-bond donors (Lipinski definition) is 0. The van der Waals surface area contributed by atoms with Crippen LogP contribution in [0.3, 0.4) is 0 Å². The molecule has 0 bridgehead atoms. The van der Waals surface area contributed by atoms with Crippen LogP contribution in [0.25, 0.3) is 0 Å². The molecular formula is C30H39NO8. The molecule has 0 N–H and O–H groups in total. The molecule has 1 heterocycles. The van der Waals surface area contributed by atoms with Crippen molar-refractivity contribution < 1.29 is 38.2 Å². The summed E-state index contributed by atoms with van der Waals surface area (Å²) in [6.45, 7) is 5.64. The fourth-order valence-electron chi connectivity index (χ4n) is 4.21. The Balaban J connectivity index is 1.71. The lowest BCUT2D eigenvalue weighted by Gasteiger charge is -2.21. The zero-order chi connectivity index (χ0) is 29.0. The molecule has 1 aromatic carbocycles. The van der Waals surface area contributed by atoms with Crippen molar-refractivity contribution in [2.45, 2.75) is 84.2 Å². The van der Waals surface area contributed by atoms with Crippen molar-refractivity contribution >= 4 is 35.3 Å². The van der Waals surface area contributed by atoms with E-state index < -0.39 is 23.5 Å². The second kappa shape index (κ2) is 15.1. The lowest BCUT2D eigenvalue weighted by Crippen LogP contribution is -2.30. The lowest BCUT2D eigenvalue weighted by molar-refractivity contribution is -0.160. The maximum absolute atomic E-state index is 12.4. The van der Waals surface area contributed by atoms with Gasteiger partial charge in [0.2, 0.25) is 0 Å². The van der Waals surface area contributed by atoms with E-state index in [2.05, 4.69) is 0 Å². The van der Waals surface area contributed by atoms with E-state index in [0.717, 1.165) is 17.5 Å². The first kappa shape index (κ1) is 31.6. The number of amides is 2. The molecule has 0 saturated carbocycles. The lowest BCUT2D eigenvalue weighted by atomic mass is 9.94. The summed E-state index contributed by atoms with van der Waals surface area (Å²) in [5.74, 6) is -2.24. The number of unbranched alkanes of at least 4 members (excludes halogenated alkanes) is 2. The summed E-state index contributed by atoms with van der Waals surface area (Å²) in [4.78, 5) is 73.1. The SMILES string of the molecule is COC(=O)[C@@H](CC(=O)OC(C)(C)C)Cc1ccc(CC(=O)CCC(=O)CCCCCN2C(=O)C=CC2=O)cc1. The van der Waals surface area contributed by atoms with E-state index in [1.54, 1.807) is 20.8 Å². The highest BCUT2D eigenvalue weighted by atomic mass is 16.6. The standard InChI is InChI=1S/C30H39NO8/c1-30(2,3)39-28(36)20-23(29(37)38-4)18-21-9-11-22(12-10-21)19-25(33)14-13-24(32)8-6-5-7-17-31-26(34)15-16-27(31)35/h9-12,15-16,23H,5-8,13-14,17-20H2,1-4H3/t23-/m1/s1. The van der Waals surface area contributed by atoms with Crippen LogP contribution in [0.2, 0.25) is 0 Å². The number of rotatable bonds is 16. The molecule has 2 rings (SSSR count). The molecule has 39 heavy (non-hydrogen) atoms. The average molecular weight is 542 g/mol. The van der Waals surface area contributed by atoms with Gasteiger partial charge in [0.1, 0.15) is 17.2 Å². The Kier molecular flexibility index (Phi) is 12.2. The summed E-state index contributed by atoms with van der Waals surface area (Å²) in [5, 5.41) is 0. The van der Waals surface area contributed by atoms with Gasteiger partial charge in [0.05, 0.1) is 19.4 Å². The van der Waals surface area contributed by atoms with Crippen LogP contribution < -0.4 is 0 Å². The van der Waals surface area contributed by atoms with Gasteiger partial charge in [-0.25, -0.2) is 0 Å². The highest BCUT2D eigenvalue weighted by Crippen LogP contribution is 2.19. The molecule has 9 nitrogen and oxygen atoms in total. The fourth-order valence-corrected chi connectivity index (χ4v) is 4.21. The molecule has 1 aliphatic rings. The Morgan fingerprint density at radius 3 is 2.00 bits per heavy atom. The van der Waals surface area contributed by atoms with Crippen LogP contribution in [0, 0.1) is 5.92 Å². The Hall–Kier alpha value is -3.62. The third-order valence-electron chi connectivity index (χ3n) is 6.19. The van der Waals surface area contributed by atoms with Crippen molar-refractivity contribution in [2.24, 2.45) is 5.92 Å². The second-order valence-electron chi connectivity index (χ2n) is 10.8. The summed E-state index contributed by atoms with van der Waals surface area (Å²) in [5.41, 5.74) is 0.987. The number of benzene rings is 1. The van der Waals surface area contributed by atoms with Gasteiger partial charge < -0.3 is 9.47 Å². The number of carbonyl (C=O) groups excluding carboxylic acids is 6. The topological polar surface area (TPSA) is 124 Å². The number of ketones is 2. The van der Waals surface area contributed by atoms with Crippen LogP contribution in [0.15, 0.2) is 36.4 Å². The van der Waals surface area contributed by atoms with Crippen molar-refractivity contribution in [2.75, 3.05) is 13.7 Å². The Morgan fingerprint density at radius 1 is 0.821 bits per heavy atom. The first-order chi connectivity index (χ1) is 18.4. The minimum absolute atomic E-state index is 0.0209. The molecule has 2 amide bonds. The van der Waals surface area contributed by atoms with Crippen molar-refractivity contribution in [3.05, 3.63) is 47.5 Å². The zero-order valence-electron chi connectivity index (χ0n) is 23.3. The highest BCUT2D eigenvalue weighted by molar-refractivity contribution is 6.12. The van der Waals surface area contributed by atoms with Gasteiger partial charge in [-0.1, -0.05) is 30.7 Å². The molecule has 0 spiro atoms. The molecule has 0 radical (unpaired) electrons. The molecule has 0 unspecified atom stereocenters. The molecular weight excluding hydrogens is 502 g/mol. The zero-order valence-corrected chi connectivity index (χ0v) is 23.3. The number of methoxy groups -OCH3 is 1. The number of ether oxygens (including phenoxy) is 2. The van der Waals surface area contributed by atoms with Crippen molar-refractivity contribution in [1.29, 1.82) is 0 Å². The maximum atomic E-state index is 12.4. The minimum atomic E-state index is -0.675. The molecule has 0 aromatic heterocycles. The molecule has 0 saturated heterocycles. The van der Waals surface area contributed by atoms with Crippen LogP contribution in [-0.4, -0.2) is 59.5 Å². The van der Waals surface area contributed by atoms with Crippen LogP contribution in [0.1, 0.15) is 76.8 Å². The molecule has 1 aliphatic heterocycles. The highest BCUT2D eigenvalue weighted by Gasteiger charge is 2.26. The smallest absolute Gasteiger partial charge is 0.309 e. The first-order valence-corrected chi connectivity index (χ1v) is 13.3. The number of imide groups is 1. The third kappa shape index (κ3) is 11.8. The van der Waals surface area contributed by atoms with Gasteiger partial charge >= 0.3 is 11.9 Å². The second-order valence-corrected chi connectivity index (χ2v) is 10.8. The van der Waals surface area contributed by atoms with E-state index in [-0.39, 0.29) is 49.1 Å². The van der Waals surface area contributed by atoms with E-state index >= 15 is 0 Å². The third-order valence-corrected chi connectivity index (χ3v) is 6.19. The number of carbonyl (C=O) groups is 6. The summed E-state index contributed by atoms with van der Waals surface area (Å²) in [7, 11) is 1.28. The van der Waals surface area contributed by atoms with Gasteiger partial charge in [0.15, 0.2) is 0 Å². The fraction of sp³-hybridized carbons (Fsp3) is 0.533. The van der Waals surface area contributed by atoms with E-state index in [4.69, 9.17) is 9.47 Å². The quantitative estimate of drug-likeness (QED) is 0.176. The van der Waals surface area contributed by atoms with Gasteiger partial charge in [-0.05, 0) is 51.2 Å². The van der Waals surface area contributed by atoms with E-state index in [9.17, 15) is 28.8 Å². The van der Waals surface area contributed by atoms with Gasteiger partial charge in [-0.3, -0.25) is 33.7 Å². The molecule has 1 atom stereocenters. The first-order valence-electron chi connectivity index (χ1n) is 13.3. The van der Waals surface area contributed by atoms with Crippen LogP contribution in [-0.2, 0) is 51.1 Å². The van der Waals surface area contributed by atoms with Gasteiger partial charge in [0, 0.05) is 44.4 Å². The van der Waals surface area contributed by atoms with Crippen LogP contribution in [0.4, 0.5) is 0 Å². The summed E-state index contributed by atoms with van der Waals surface area (Å²) < 4.78 is 10.2. The molecule has 9 heteroatoms. The summed E-state index contributed by atoms with van der Waals surface area (Å²) >= 11 is 0. The Morgan fingerprint density at radius 2 is 1.41 bits per heavy atom. The Bertz CT molecular complexity index is 1060. The van der Waals surface area contributed by atoms with Crippen LogP contribution in [0.5, 0.6) is 0 Å². The molecule has 1 aromatic rings. The van der Waals surface area contributed by atoms with Gasteiger partial charge in [-0.2, -0.15) is 0 Å². The predicted molar refractivity (Wildman–Crippen MR) is 143 cm³/mol. The van der Waals surface area contributed by atoms with Crippen LogP contribution >= 0.6 is 0 Å². The number of Topliss-reactive ketones (excluding diaryl/α,β-unsaturated/α-hetero) is 2. The van der Waals surface area contributed by atoms with Crippen molar-refractivity contribution in [3.8, 4) is 0 Å². The average Bonchev–Trinajstić information content (AvgIpc) is 3.18. The molecule has 212 valence electrons. The monoisotopic (exact) mass is 541 g/mol. The van der Waals surface area contributed by atoms with E-state index in [1.165, 1.54) is 24.2 Å². The number of hydrogen-bond acceptors (Lipinski definition) is 8. The van der Waals surface area contributed by atoms with Gasteiger partial charge in [0.25, 0.3) is 11.8 Å².